The maximum absolute atomic E-state index is 13.6. The van der Waals surface area contributed by atoms with Gasteiger partial charge in [0.25, 0.3) is 0 Å². The molecule has 1 saturated heterocycles. The standard InChI is InChI=1S/C25H30N4O4S2/c1-15-9-10-20(12-16(15)2)26-24(30)19-8-5-11-29(14-19)35(31,32)22-13-21(34-17(22)3)23-27-25(33-28-23)18-6-4-7-18/h9-10,12-13,18-19H,4-8,11,14H2,1-3H3,(H,26,30). The summed E-state index contributed by atoms with van der Waals surface area (Å²) in [5, 5.41) is 7.05. The van der Waals surface area contributed by atoms with E-state index in [9.17, 15) is 13.2 Å². The van der Waals surface area contributed by atoms with Crippen LogP contribution in [0.1, 0.15) is 59.9 Å². The minimum absolute atomic E-state index is 0.147. The molecule has 3 heterocycles. The summed E-state index contributed by atoms with van der Waals surface area (Å²) in [4.78, 5) is 19.1. The Bertz CT molecular complexity index is 1360. The van der Waals surface area contributed by atoms with Crippen molar-refractivity contribution in [1.82, 2.24) is 14.4 Å². The zero-order valence-electron chi connectivity index (χ0n) is 20.2. The number of benzene rings is 1. The summed E-state index contributed by atoms with van der Waals surface area (Å²) in [6.45, 7) is 6.38. The average Bonchev–Trinajstić information content (AvgIpc) is 3.42. The van der Waals surface area contributed by atoms with Crippen molar-refractivity contribution in [2.24, 2.45) is 5.92 Å². The van der Waals surface area contributed by atoms with Crippen LogP contribution in [0.15, 0.2) is 33.7 Å². The van der Waals surface area contributed by atoms with Crippen molar-refractivity contribution in [3.05, 3.63) is 46.2 Å². The Balaban J connectivity index is 1.31. The van der Waals surface area contributed by atoms with Crippen LogP contribution in [-0.2, 0) is 14.8 Å². The van der Waals surface area contributed by atoms with Gasteiger partial charge in [-0.3, -0.25) is 4.79 Å². The Kier molecular flexibility index (Phi) is 6.54. The molecule has 1 N–H and O–H groups in total. The predicted molar refractivity (Wildman–Crippen MR) is 135 cm³/mol. The molecule has 0 spiro atoms. The molecule has 1 unspecified atom stereocenters. The Morgan fingerprint density at radius 2 is 1.91 bits per heavy atom. The van der Waals surface area contributed by atoms with Gasteiger partial charge in [-0.05, 0) is 75.8 Å². The number of aromatic nitrogens is 2. The van der Waals surface area contributed by atoms with Gasteiger partial charge in [0.2, 0.25) is 27.6 Å². The number of amides is 1. The van der Waals surface area contributed by atoms with Crippen LogP contribution in [0.25, 0.3) is 10.7 Å². The molecule has 1 aliphatic carbocycles. The van der Waals surface area contributed by atoms with Crippen LogP contribution < -0.4 is 5.32 Å². The lowest BCUT2D eigenvalue weighted by atomic mass is 9.85. The van der Waals surface area contributed by atoms with Gasteiger partial charge in [0.1, 0.15) is 0 Å². The van der Waals surface area contributed by atoms with Gasteiger partial charge in [0, 0.05) is 29.6 Å². The summed E-state index contributed by atoms with van der Waals surface area (Å²) in [6.07, 6.45) is 4.57. The second-order valence-corrected chi connectivity index (χ2v) is 12.8. The number of rotatable bonds is 6. The topological polar surface area (TPSA) is 105 Å². The van der Waals surface area contributed by atoms with Gasteiger partial charge < -0.3 is 9.84 Å². The molecule has 0 radical (unpaired) electrons. The Hall–Kier alpha value is -2.56. The summed E-state index contributed by atoms with van der Waals surface area (Å²) in [5.74, 6) is 0.842. The Labute approximate surface area is 209 Å². The zero-order chi connectivity index (χ0) is 24.7. The number of carbonyl (C=O) groups excluding carboxylic acids is 1. The van der Waals surface area contributed by atoms with Crippen LogP contribution in [-0.4, -0.2) is 41.9 Å². The molecule has 2 aliphatic rings. The van der Waals surface area contributed by atoms with Crippen molar-refractivity contribution in [3.8, 4) is 10.7 Å². The number of nitrogens with one attached hydrogen (secondary N) is 1. The molecule has 0 bridgehead atoms. The molecular formula is C25H30N4O4S2. The molecule has 1 aliphatic heterocycles. The molecule has 2 aromatic heterocycles. The molecule has 1 saturated carbocycles. The summed E-state index contributed by atoms with van der Waals surface area (Å²) in [7, 11) is -3.76. The van der Waals surface area contributed by atoms with Crippen LogP contribution in [0.2, 0.25) is 0 Å². The first-order valence-corrected chi connectivity index (χ1v) is 14.3. The lowest BCUT2D eigenvalue weighted by molar-refractivity contribution is -0.120. The fourth-order valence-corrected chi connectivity index (χ4v) is 7.58. The third-order valence-electron chi connectivity index (χ3n) is 7.14. The monoisotopic (exact) mass is 514 g/mol. The normalized spacial score (nSPS) is 19.5. The van der Waals surface area contributed by atoms with Gasteiger partial charge in [0.15, 0.2) is 0 Å². The van der Waals surface area contributed by atoms with Crippen LogP contribution in [0.4, 0.5) is 5.69 Å². The fourth-order valence-electron chi connectivity index (χ4n) is 4.57. The number of piperidine rings is 1. The third kappa shape index (κ3) is 4.79. The van der Waals surface area contributed by atoms with E-state index in [0.717, 1.165) is 29.7 Å². The highest BCUT2D eigenvalue weighted by Crippen LogP contribution is 2.38. The number of sulfonamides is 1. The van der Waals surface area contributed by atoms with Crippen molar-refractivity contribution in [2.75, 3.05) is 18.4 Å². The third-order valence-corrected chi connectivity index (χ3v) is 10.3. The number of anilines is 1. The van der Waals surface area contributed by atoms with Gasteiger partial charge >= 0.3 is 0 Å². The number of aryl methyl sites for hydroxylation is 3. The van der Waals surface area contributed by atoms with Gasteiger partial charge in [-0.1, -0.05) is 17.6 Å². The van der Waals surface area contributed by atoms with E-state index in [1.54, 1.807) is 13.0 Å². The molecule has 8 nitrogen and oxygen atoms in total. The van der Waals surface area contributed by atoms with Crippen molar-refractivity contribution in [1.29, 1.82) is 0 Å². The molecular weight excluding hydrogens is 484 g/mol. The number of hydrogen-bond donors (Lipinski definition) is 1. The molecule has 5 rings (SSSR count). The molecule has 186 valence electrons. The van der Waals surface area contributed by atoms with E-state index in [1.165, 1.54) is 22.1 Å². The second kappa shape index (κ2) is 9.48. The maximum atomic E-state index is 13.6. The molecule has 3 aromatic rings. The summed E-state index contributed by atoms with van der Waals surface area (Å²) < 4.78 is 34.0. The van der Waals surface area contributed by atoms with E-state index in [1.807, 2.05) is 32.0 Å². The van der Waals surface area contributed by atoms with E-state index in [4.69, 9.17) is 4.52 Å². The lowest BCUT2D eigenvalue weighted by Gasteiger charge is -2.31. The highest BCUT2D eigenvalue weighted by atomic mass is 32.2. The number of hydrogen-bond acceptors (Lipinski definition) is 7. The highest BCUT2D eigenvalue weighted by Gasteiger charge is 2.35. The van der Waals surface area contributed by atoms with Gasteiger partial charge in [-0.2, -0.15) is 9.29 Å². The molecule has 2 fully saturated rings. The Morgan fingerprint density at radius 3 is 2.63 bits per heavy atom. The van der Waals surface area contributed by atoms with E-state index in [0.29, 0.717) is 46.8 Å². The highest BCUT2D eigenvalue weighted by molar-refractivity contribution is 7.89. The van der Waals surface area contributed by atoms with E-state index >= 15 is 0 Å². The van der Waals surface area contributed by atoms with Crippen LogP contribution in [0.3, 0.4) is 0 Å². The first-order chi connectivity index (χ1) is 16.7. The largest absolute Gasteiger partial charge is 0.339 e. The number of nitrogens with zero attached hydrogens (tertiary/aromatic N) is 3. The van der Waals surface area contributed by atoms with Crippen molar-refractivity contribution in [2.45, 2.75) is 63.7 Å². The maximum Gasteiger partial charge on any atom is 0.244 e. The average molecular weight is 515 g/mol. The Morgan fingerprint density at radius 1 is 1.11 bits per heavy atom. The summed E-state index contributed by atoms with van der Waals surface area (Å²) >= 11 is 1.35. The van der Waals surface area contributed by atoms with E-state index < -0.39 is 15.9 Å². The number of carbonyl (C=O) groups is 1. The van der Waals surface area contributed by atoms with Crippen molar-refractivity contribution >= 4 is 33.0 Å². The van der Waals surface area contributed by atoms with Gasteiger partial charge in [-0.25, -0.2) is 8.42 Å². The van der Waals surface area contributed by atoms with Crippen LogP contribution in [0, 0.1) is 26.7 Å². The zero-order valence-corrected chi connectivity index (χ0v) is 21.8. The summed E-state index contributed by atoms with van der Waals surface area (Å²) in [6, 6.07) is 7.43. The quantitative estimate of drug-likeness (QED) is 0.495. The fraction of sp³-hybridized carbons (Fsp3) is 0.480. The molecule has 35 heavy (non-hydrogen) atoms. The summed E-state index contributed by atoms with van der Waals surface area (Å²) in [5.41, 5.74) is 2.99. The van der Waals surface area contributed by atoms with Gasteiger partial charge in [-0.15, -0.1) is 11.3 Å². The van der Waals surface area contributed by atoms with Crippen LogP contribution in [0.5, 0.6) is 0 Å². The SMILES string of the molecule is Cc1ccc(NC(=O)C2CCCN(S(=O)(=O)c3cc(-c4noc(C5CCC5)n4)sc3C)C2)cc1C. The van der Waals surface area contributed by atoms with E-state index in [2.05, 4.69) is 15.5 Å². The van der Waals surface area contributed by atoms with E-state index in [-0.39, 0.29) is 17.3 Å². The minimum Gasteiger partial charge on any atom is -0.339 e. The molecule has 1 aromatic carbocycles. The smallest absolute Gasteiger partial charge is 0.244 e. The first kappa shape index (κ1) is 24.1. The predicted octanol–water partition coefficient (Wildman–Crippen LogP) is 5.03. The first-order valence-electron chi connectivity index (χ1n) is 12.0. The lowest BCUT2D eigenvalue weighted by Crippen LogP contribution is -2.43. The minimum atomic E-state index is -3.76. The molecule has 1 atom stereocenters. The van der Waals surface area contributed by atoms with Crippen molar-refractivity contribution in [3.63, 3.8) is 0 Å². The second-order valence-electron chi connectivity index (χ2n) is 9.61. The van der Waals surface area contributed by atoms with Gasteiger partial charge in [0.05, 0.1) is 15.7 Å². The molecule has 10 heteroatoms. The molecule has 1 amide bonds. The van der Waals surface area contributed by atoms with Crippen LogP contribution >= 0.6 is 11.3 Å². The van der Waals surface area contributed by atoms with Crippen molar-refractivity contribution < 1.29 is 17.7 Å². The number of thiophene rings is 1.